The highest BCUT2D eigenvalue weighted by Gasteiger charge is 2.26. The van der Waals surface area contributed by atoms with Crippen molar-refractivity contribution in [3.05, 3.63) is 24.3 Å². The smallest absolute Gasteiger partial charge is 0.321 e. The van der Waals surface area contributed by atoms with Crippen LogP contribution in [-0.4, -0.2) is 49.6 Å². The zero-order chi connectivity index (χ0) is 15.2. The fourth-order valence-corrected chi connectivity index (χ4v) is 3.41. The van der Waals surface area contributed by atoms with Gasteiger partial charge in [-0.2, -0.15) is 11.8 Å². The first-order valence-electron chi connectivity index (χ1n) is 7.50. The van der Waals surface area contributed by atoms with E-state index in [0.717, 1.165) is 43.2 Å². The van der Waals surface area contributed by atoms with Crippen molar-refractivity contribution < 1.29 is 4.79 Å². The van der Waals surface area contributed by atoms with Gasteiger partial charge in [0.05, 0.1) is 11.4 Å². The van der Waals surface area contributed by atoms with Crippen molar-refractivity contribution in [1.82, 2.24) is 4.90 Å². The third-order valence-corrected chi connectivity index (χ3v) is 4.81. The fraction of sp³-hybridized carbons (Fsp3) is 0.562. The Bertz CT molecular complexity index is 480. The molecule has 1 heterocycles. The van der Waals surface area contributed by atoms with Crippen LogP contribution in [0.15, 0.2) is 24.3 Å². The van der Waals surface area contributed by atoms with Gasteiger partial charge in [0.1, 0.15) is 0 Å². The van der Waals surface area contributed by atoms with Crippen molar-refractivity contribution in [2.24, 2.45) is 5.92 Å². The van der Waals surface area contributed by atoms with E-state index in [4.69, 9.17) is 0 Å². The number of urea groups is 1. The molecule has 0 spiro atoms. The lowest BCUT2D eigenvalue weighted by molar-refractivity contribution is 0.221. The van der Waals surface area contributed by atoms with E-state index in [2.05, 4.69) is 23.4 Å². The first-order chi connectivity index (χ1) is 10.2. The molecule has 21 heavy (non-hydrogen) atoms. The summed E-state index contributed by atoms with van der Waals surface area (Å²) in [6, 6.07) is 7.99. The molecule has 1 aliphatic heterocycles. The average molecular weight is 307 g/mol. The molecule has 0 unspecified atom stereocenters. The number of anilines is 2. The summed E-state index contributed by atoms with van der Waals surface area (Å²) in [6.45, 7) is 4.75. The molecule has 4 nitrogen and oxygen atoms in total. The van der Waals surface area contributed by atoms with Crippen molar-refractivity contribution in [2.75, 3.05) is 48.9 Å². The molecule has 1 aromatic rings. The maximum atomic E-state index is 12.4. The SMILES string of the molecule is CCN(C)c1ccccc1NC(=O)N1CC[C@@H](CSC)C1. The van der Waals surface area contributed by atoms with E-state index in [1.165, 1.54) is 0 Å². The minimum Gasteiger partial charge on any atom is -0.373 e. The van der Waals surface area contributed by atoms with Crippen LogP contribution in [-0.2, 0) is 0 Å². The number of hydrogen-bond acceptors (Lipinski definition) is 3. The topological polar surface area (TPSA) is 35.6 Å². The van der Waals surface area contributed by atoms with Gasteiger partial charge in [0.2, 0.25) is 0 Å². The van der Waals surface area contributed by atoms with E-state index in [1.54, 1.807) is 0 Å². The Balaban J connectivity index is 2.00. The minimum atomic E-state index is 0.0237. The molecule has 5 heteroatoms. The summed E-state index contributed by atoms with van der Waals surface area (Å²) in [7, 11) is 2.04. The highest BCUT2D eigenvalue weighted by molar-refractivity contribution is 7.98. The standard InChI is InChI=1S/C16H25N3OS/c1-4-18(2)15-8-6-5-7-14(15)17-16(20)19-10-9-13(11-19)12-21-3/h5-8,13H,4,9-12H2,1-3H3,(H,17,20)/t13-/m1/s1. The van der Waals surface area contributed by atoms with E-state index in [-0.39, 0.29) is 6.03 Å². The first-order valence-corrected chi connectivity index (χ1v) is 8.90. The Morgan fingerprint density at radius 3 is 2.95 bits per heavy atom. The molecule has 1 atom stereocenters. The number of likely N-dealkylation sites (tertiary alicyclic amines) is 1. The van der Waals surface area contributed by atoms with Crippen molar-refractivity contribution in [3.8, 4) is 0 Å². The van der Waals surface area contributed by atoms with Gasteiger partial charge in [-0.25, -0.2) is 4.79 Å². The van der Waals surface area contributed by atoms with E-state index in [0.29, 0.717) is 5.92 Å². The number of benzene rings is 1. The predicted molar refractivity (Wildman–Crippen MR) is 92.5 cm³/mol. The highest BCUT2D eigenvalue weighted by Crippen LogP contribution is 2.26. The second-order valence-corrected chi connectivity index (χ2v) is 6.43. The lowest BCUT2D eigenvalue weighted by atomic mass is 10.2. The molecular weight excluding hydrogens is 282 g/mol. The number of carbonyl (C=O) groups excluding carboxylic acids is 1. The van der Waals surface area contributed by atoms with Gasteiger partial charge < -0.3 is 15.1 Å². The number of thioether (sulfide) groups is 1. The number of rotatable bonds is 5. The molecule has 0 radical (unpaired) electrons. The van der Waals surface area contributed by atoms with Gasteiger partial charge >= 0.3 is 6.03 Å². The van der Waals surface area contributed by atoms with E-state index in [1.807, 2.05) is 48.0 Å². The summed E-state index contributed by atoms with van der Waals surface area (Å²) in [5, 5.41) is 3.07. The number of amides is 2. The monoisotopic (exact) mass is 307 g/mol. The van der Waals surface area contributed by atoms with Gasteiger partial charge in [0.25, 0.3) is 0 Å². The van der Waals surface area contributed by atoms with E-state index < -0.39 is 0 Å². The number of hydrogen-bond donors (Lipinski definition) is 1. The largest absolute Gasteiger partial charge is 0.373 e. The fourth-order valence-electron chi connectivity index (χ4n) is 2.67. The second-order valence-electron chi connectivity index (χ2n) is 5.52. The van der Waals surface area contributed by atoms with Gasteiger partial charge in [-0.15, -0.1) is 0 Å². The van der Waals surface area contributed by atoms with Crippen LogP contribution < -0.4 is 10.2 Å². The summed E-state index contributed by atoms with van der Waals surface area (Å²) in [4.78, 5) is 16.5. The molecule has 0 bridgehead atoms. The minimum absolute atomic E-state index is 0.0237. The molecular formula is C16H25N3OS. The summed E-state index contributed by atoms with van der Waals surface area (Å²) < 4.78 is 0. The zero-order valence-corrected chi connectivity index (χ0v) is 13.9. The van der Waals surface area contributed by atoms with Crippen LogP contribution in [0.4, 0.5) is 16.2 Å². The van der Waals surface area contributed by atoms with Crippen LogP contribution >= 0.6 is 11.8 Å². The molecule has 1 saturated heterocycles. The summed E-state index contributed by atoms with van der Waals surface area (Å²) in [5.74, 6) is 1.78. The van der Waals surface area contributed by atoms with Crippen molar-refractivity contribution in [1.29, 1.82) is 0 Å². The predicted octanol–water partition coefficient (Wildman–Crippen LogP) is 3.36. The maximum absolute atomic E-state index is 12.4. The Labute approximate surface area is 131 Å². The van der Waals surface area contributed by atoms with Crippen LogP contribution in [0.3, 0.4) is 0 Å². The Hall–Kier alpha value is -1.36. The van der Waals surface area contributed by atoms with Gasteiger partial charge in [0, 0.05) is 26.7 Å². The molecule has 0 aromatic heterocycles. The van der Waals surface area contributed by atoms with Crippen LogP contribution in [0.1, 0.15) is 13.3 Å². The molecule has 0 aliphatic carbocycles. The number of nitrogens with zero attached hydrogens (tertiary/aromatic N) is 2. The molecule has 2 amide bonds. The Kier molecular flexibility index (Phi) is 5.79. The van der Waals surface area contributed by atoms with Crippen molar-refractivity contribution >= 4 is 29.2 Å². The van der Waals surface area contributed by atoms with Crippen LogP contribution in [0.2, 0.25) is 0 Å². The molecule has 1 N–H and O–H groups in total. The molecule has 1 aliphatic rings. The van der Waals surface area contributed by atoms with Crippen LogP contribution in [0.5, 0.6) is 0 Å². The van der Waals surface area contributed by atoms with Crippen molar-refractivity contribution in [3.63, 3.8) is 0 Å². The quantitative estimate of drug-likeness (QED) is 0.906. The lowest BCUT2D eigenvalue weighted by Crippen LogP contribution is -2.33. The Morgan fingerprint density at radius 1 is 1.48 bits per heavy atom. The van der Waals surface area contributed by atoms with Gasteiger partial charge in [-0.3, -0.25) is 0 Å². The zero-order valence-electron chi connectivity index (χ0n) is 13.1. The average Bonchev–Trinajstić information content (AvgIpc) is 2.96. The van der Waals surface area contributed by atoms with Gasteiger partial charge in [-0.05, 0) is 43.4 Å². The summed E-state index contributed by atoms with van der Waals surface area (Å²) in [6.07, 6.45) is 3.24. The van der Waals surface area contributed by atoms with Crippen molar-refractivity contribution in [2.45, 2.75) is 13.3 Å². The van der Waals surface area contributed by atoms with Crippen LogP contribution in [0.25, 0.3) is 0 Å². The molecule has 1 fully saturated rings. The molecule has 116 valence electrons. The Morgan fingerprint density at radius 2 is 2.24 bits per heavy atom. The molecule has 1 aromatic carbocycles. The molecule has 0 saturated carbocycles. The first kappa shape index (κ1) is 16.0. The normalized spacial score (nSPS) is 17.9. The van der Waals surface area contributed by atoms with Gasteiger partial charge in [-0.1, -0.05) is 12.1 Å². The number of para-hydroxylation sites is 2. The van der Waals surface area contributed by atoms with E-state index >= 15 is 0 Å². The van der Waals surface area contributed by atoms with Crippen LogP contribution in [0, 0.1) is 5.92 Å². The third kappa shape index (κ3) is 4.06. The van der Waals surface area contributed by atoms with E-state index in [9.17, 15) is 4.79 Å². The molecule has 2 rings (SSSR count). The van der Waals surface area contributed by atoms with Gasteiger partial charge in [0.15, 0.2) is 0 Å². The number of carbonyl (C=O) groups is 1. The maximum Gasteiger partial charge on any atom is 0.321 e. The third-order valence-electron chi connectivity index (χ3n) is 4.01. The summed E-state index contributed by atoms with van der Waals surface area (Å²) >= 11 is 1.86. The second kappa shape index (κ2) is 7.59. The summed E-state index contributed by atoms with van der Waals surface area (Å²) in [5.41, 5.74) is 1.95. The lowest BCUT2D eigenvalue weighted by Gasteiger charge is -2.23. The number of nitrogens with one attached hydrogen (secondary N) is 1. The highest BCUT2D eigenvalue weighted by atomic mass is 32.2.